The molecule has 0 bridgehead atoms. The van der Waals surface area contributed by atoms with Crippen molar-refractivity contribution >= 4 is 49.2 Å². The number of rotatable bonds is 3. The van der Waals surface area contributed by atoms with Gasteiger partial charge < -0.3 is 14.9 Å². The summed E-state index contributed by atoms with van der Waals surface area (Å²) >= 11 is 2.86. The summed E-state index contributed by atoms with van der Waals surface area (Å²) in [5.41, 5.74) is 0. The topological polar surface area (TPSA) is 73.7 Å². The summed E-state index contributed by atoms with van der Waals surface area (Å²) in [6, 6.07) is 1.13. The van der Waals surface area contributed by atoms with Crippen molar-refractivity contribution < 1.29 is 14.7 Å². The molecule has 1 aliphatic heterocycles. The van der Waals surface area contributed by atoms with Crippen molar-refractivity contribution in [2.75, 3.05) is 25.5 Å². The maximum atomic E-state index is 12.5. The van der Waals surface area contributed by atoms with Gasteiger partial charge in [0.25, 0.3) is 5.91 Å². The summed E-state index contributed by atoms with van der Waals surface area (Å²) in [5.74, 6) is -1.12. The molecule has 1 N–H and O–H groups in total. The molecule has 21 heavy (non-hydrogen) atoms. The van der Waals surface area contributed by atoms with Gasteiger partial charge in [0.1, 0.15) is 10.9 Å². The van der Waals surface area contributed by atoms with E-state index in [1.807, 2.05) is 25.1 Å². The molecule has 3 rings (SSSR count). The number of aliphatic carboxylic acids is 1. The van der Waals surface area contributed by atoms with E-state index in [1.54, 1.807) is 0 Å². The Bertz CT molecular complexity index is 675. The number of carbonyl (C=O) groups is 2. The highest BCUT2D eigenvalue weighted by Gasteiger charge is 2.35. The number of nitrogens with zero attached hydrogens (tertiary/aromatic N) is 3. The first-order chi connectivity index (χ1) is 9.97. The number of hydrogen-bond donors (Lipinski definition) is 1. The van der Waals surface area contributed by atoms with E-state index >= 15 is 0 Å². The maximum Gasteiger partial charge on any atom is 0.326 e. The molecular weight excluding hydrogens is 310 g/mol. The number of thiophene rings is 1. The van der Waals surface area contributed by atoms with E-state index in [0.717, 1.165) is 21.1 Å². The van der Waals surface area contributed by atoms with Crippen LogP contribution in [0, 0.1) is 0 Å². The van der Waals surface area contributed by atoms with E-state index in [1.165, 1.54) is 27.6 Å². The maximum absolute atomic E-state index is 12.5. The Morgan fingerprint density at radius 2 is 2.19 bits per heavy atom. The second kappa shape index (κ2) is 5.27. The van der Waals surface area contributed by atoms with Gasteiger partial charge in [-0.3, -0.25) is 4.79 Å². The van der Waals surface area contributed by atoms with E-state index in [0.29, 0.717) is 17.8 Å². The van der Waals surface area contributed by atoms with Gasteiger partial charge in [0.2, 0.25) is 0 Å². The van der Waals surface area contributed by atoms with Crippen LogP contribution in [0.2, 0.25) is 0 Å². The van der Waals surface area contributed by atoms with Crippen LogP contribution in [0.4, 0.5) is 5.13 Å². The van der Waals surface area contributed by atoms with Crippen molar-refractivity contribution in [2.24, 2.45) is 0 Å². The van der Waals surface area contributed by atoms with Gasteiger partial charge in [-0.2, -0.15) is 0 Å². The number of aromatic nitrogens is 1. The zero-order chi connectivity index (χ0) is 15.1. The van der Waals surface area contributed by atoms with Crippen molar-refractivity contribution in [1.82, 2.24) is 9.88 Å². The first kappa shape index (κ1) is 14.3. The smallest absolute Gasteiger partial charge is 0.326 e. The van der Waals surface area contributed by atoms with Crippen LogP contribution in [0.15, 0.2) is 6.07 Å². The predicted molar refractivity (Wildman–Crippen MR) is 83.5 cm³/mol. The Morgan fingerprint density at radius 1 is 1.43 bits per heavy atom. The number of likely N-dealkylation sites (tertiary alicyclic amines) is 1. The zero-order valence-corrected chi connectivity index (χ0v) is 13.3. The molecule has 1 unspecified atom stereocenters. The Morgan fingerprint density at radius 3 is 2.81 bits per heavy atom. The van der Waals surface area contributed by atoms with Crippen LogP contribution in [-0.4, -0.2) is 53.5 Å². The molecule has 2 aromatic rings. The van der Waals surface area contributed by atoms with Crippen LogP contribution >= 0.6 is 22.7 Å². The lowest BCUT2D eigenvalue weighted by Crippen LogP contribution is -2.40. The number of anilines is 1. The summed E-state index contributed by atoms with van der Waals surface area (Å²) < 4.78 is 0.970. The quantitative estimate of drug-likeness (QED) is 0.935. The molecule has 1 aliphatic rings. The third kappa shape index (κ3) is 2.49. The molecule has 3 heterocycles. The summed E-state index contributed by atoms with van der Waals surface area (Å²) in [7, 11) is 3.85. The van der Waals surface area contributed by atoms with Gasteiger partial charge in [-0.15, -0.1) is 11.3 Å². The Labute approximate surface area is 129 Å². The lowest BCUT2D eigenvalue weighted by molar-refractivity contribution is -0.141. The van der Waals surface area contributed by atoms with Gasteiger partial charge in [0, 0.05) is 20.6 Å². The fraction of sp³-hybridized carbons (Fsp3) is 0.462. The Balaban J connectivity index is 1.88. The fourth-order valence-electron chi connectivity index (χ4n) is 2.43. The van der Waals surface area contributed by atoms with Crippen molar-refractivity contribution in [1.29, 1.82) is 0 Å². The molecular formula is C13H15N3O3S2. The van der Waals surface area contributed by atoms with Crippen molar-refractivity contribution in [3.63, 3.8) is 0 Å². The predicted octanol–water partition coefficient (Wildman–Crippen LogP) is 2.11. The van der Waals surface area contributed by atoms with Crippen LogP contribution in [0.25, 0.3) is 9.53 Å². The number of thiazole rings is 1. The van der Waals surface area contributed by atoms with E-state index in [2.05, 4.69) is 4.98 Å². The van der Waals surface area contributed by atoms with Crippen LogP contribution < -0.4 is 4.90 Å². The van der Waals surface area contributed by atoms with Crippen LogP contribution in [0.5, 0.6) is 0 Å². The largest absolute Gasteiger partial charge is 0.480 e. The monoisotopic (exact) mass is 325 g/mol. The fourth-order valence-corrected chi connectivity index (χ4v) is 4.52. The highest BCUT2D eigenvalue weighted by molar-refractivity contribution is 7.29. The number of fused-ring (bicyclic) bond motifs is 1. The summed E-state index contributed by atoms with van der Waals surface area (Å²) in [6.45, 7) is 0.512. The Hall–Kier alpha value is -1.67. The van der Waals surface area contributed by atoms with Gasteiger partial charge in [0.05, 0.1) is 9.58 Å². The van der Waals surface area contributed by atoms with Gasteiger partial charge in [-0.1, -0.05) is 11.3 Å². The average Bonchev–Trinajstić information content (AvgIpc) is 3.10. The molecule has 1 amide bonds. The third-order valence-electron chi connectivity index (χ3n) is 3.47. The zero-order valence-electron chi connectivity index (χ0n) is 11.7. The standard InChI is InChI=1S/C13H15N3O3S2/c1-15(2)13-14-10-8(21-13)6-9(20-10)11(17)16-5-3-4-7(16)12(18)19/h6-7H,3-5H2,1-2H3,(H,18,19). The molecule has 0 aromatic carbocycles. The minimum absolute atomic E-state index is 0.193. The van der Waals surface area contributed by atoms with Crippen LogP contribution in [-0.2, 0) is 4.79 Å². The second-order valence-corrected chi connectivity index (χ2v) is 7.21. The number of carbonyl (C=O) groups excluding carboxylic acids is 1. The minimum Gasteiger partial charge on any atom is -0.480 e. The first-order valence-corrected chi connectivity index (χ1v) is 8.22. The molecule has 1 atom stereocenters. The summed E-state index contributed by atoms with van der Waals surface area (Å²) in [6.07, 6.45) is 1.27. The molecule has 0 radical (unpaired) electrons. The highest BCUT2D eigenvalue weighted by Crippen LogP contribution is 2.35. The minimum atomic E-state index is -0.924. The third-order valence-corrected chi connectivity index (χ3v) is 5.79. The normalized spacial score (nSPS) is 18.4. The van der Waals surface area contributed by atoms with Crippen molar-refractivity contribution in [2.45, 2.75) is 18.9 Å². The van der Waals surface area contributed by atoms with Gasteiger partial charge >= 0.3 is 5.97 Å². The number of amides is 1. The number of hydrogen-bond acceptors (Lipinski definition) is 6. The molecule has 0 saturated carbocycles. The lowest BCUT2D eigenvalue weighted by Gasteiger charge is -2.20. The Kier molecular flexibility index (Phi) is 3.58. The molecule has 0 aliphatic carbocycles. The van der Waals surface area contributed by atoms with E-state index < -0.39 is 12.0 Å². The summed E-state index contributed by atoms with van der Waals surface area (Å²) in [4.78, 5) is 32.9. The van der Waals surface area contributed by atoms with E-state index in [4.69, 9.17) is 0 Å². The molecule has 0 spiro atoms. The van der Waals surface area contributed by atoms with E-state index in [9.17, 15) is 14.7 Å². The molecule has 8 heteroatoms. The molecule has 1 saturated heterocycles. The van der Waals surface area contributed by atoms with Crippen molar-refractivity contribution in [3.8, 4) is 0 Å². The lowest BCUT2D eigenvalue weighted by atomic mass is 10.2. The first-order valence-electron chi connectivity index (χ1n) is 6.59. The van der Waals surface area contributed by atoms with Crippen molar-refractivity contribution in [3.05, 3.63) is 10.9 Å². The summed E-state index contributed by atoms with van der Waals surface area (Å²) in [5, 5.41) is 10.1. The van der Waals surface area contributed by atoms with Gasteiger partial charge in [-0.25, -0.2) is 9.78 Å². The molecule has 2 aromatic heterocycles. The van der Waals surface area contributed by atoms with Crippen LogP contribution in [0.3, 0.4) is 0 Å². The van der Waals surface area contributed by atoms with Gasteiger partial charge in [0.15, 0.2) is 5.13 Å². The van der Waals surface area contributed by atoms with E-state index in [-0.39, 0.29) is 5.91 Å². The second-order valence-electron chi connectivity index (χ2n) is 5.17. The molecule has 112 valence electrons. The van der Waals surface area contributed by atoms with Crippen LogP contribution in [0.1, 0.15) is 22.5 Å². The molecule has 1 fully saturated rings. The SMILES string of the molecule is CN(C)c1nc2sc(C(=O)N3CCCC3C(=O)O)cc2s1. The number of carboxylic acids is 1. The number of carboxylic acid groups (broad SMARTS) is 1. The highest BCUT2D eigenvalue weighted by atomic mass is 32.1. The molecule has 6 nitrogen and oxygen atoms in total. The van der Waals surface area contributed by atoms with Gasteiger partial charge in [-0.05, 0) is 18.9 Å². The average molecular weight is 325 g/mol.